The van der Waals surface area contributed by atoms with E-state index in [0.717, 1.165) is 12.2 Å². The average Bonchev–Trinajstić information content (AvgIpc) is 2.12. The number of carbonyl (C=O) groups is 2. The van der Waals surface area contributed by atoms with Crippen LogP contribution in [-0.4, -0.2) is 31.8 Å². The summed E-state index contributed by atoms with van der Waals surface area (Å²) in [5, 5.41) is 0. The molecule has 0 radical (unpaired) electrons. The largest absolute Gasteiger partial charge is 0.463 e. The summed E-state index contributed by atoms with van der Waals surface area (Å²) in [4.78, 5) is 21.3. The van der Waals surface area contributed by atoms with E-state index >= 15 is 0 Å². The minimum atomic E-state index is -0.759. The van der Waals surface area contributed by atoms with Crippen LogP contribution < -0.4 is 0 Å². The minimum Gasteiger partial charge on any atom is -0.463 e. The van der Waals surface area contributed by atoms with Gasteiger partial charge in [-0.1, -0.05) is 0 Å². The standard InChI is InChI=1S/C8H11FO4/c1-2-12-7(10)3-4-8(11)13-6-5-9/h3-4H,2,5-6H2,1H3/b4-3+. The maximum Gasteiger partial charge on any atom is 0.331 e. The van der Waals surface area contributed by atoms with Gasteiger partial charge in [0, 0.05) is 12.2 Å². The molecule has 0 unspecified atom stereocenters. The molecule has 0 amide bonds. The molecule has 13 heavy (non-hydrogen) atoms. The zero-order valence-electron chi connectivity index (χ0n) is 7.29. The molecule has 4 nitrogen and oxygen atoms in total. The molecule has 0 atom stereocenters. The number of hydrogen-bond donors (Lipinski definition) is 0. The molecular formula is C8H11FO4. The Kier molecular flexibility index (Phi) is 6.49. The second kappa shape index (κ2) is 7.27. The average molecular weight is 190 g/mol. The number of carbonyl (C=O) groups excluding carboxylic acids is 2. The highest BCUT2D eigenvalue weighted by atomic mass is 19.1. The molecule has 0 spiro atoms. The highest BCUT2D eigenvalue weighted by molar-refractivity contribution is 5.91. The van der Waals surface area contributed by atoms with Gasteiger partial charge in [-0.2, -0.15) is 0 Å². The lowest BCUT2D eigenvalue weighted by Crippen LogP contribution is -2.05. The zero-order chi connectivity index (χ0) is 10.1. The van der Waals surface area contributed by atoms with Crippen LogP contribution in [0.3, 0.4) is 0 Å². The summed E-state index contributed by atoms with van der Waals surface area (Å²) in [6.07, 6.45) is 1.83. The van der Waals surface area contributed by atoms with Crippen molar-refractivity contribution < 1.29 is 23.5 Å². The normalized spacial score (nSPS) is 10.0. The van der Waals surface area contributed by atoms with E-state index in [1.54, 1.807) is 6.92 Å². The van der Waals surface area contributed by atoms with Crippen molar-refractivity contribution in [1.82, 2.24) is 0 Å². The molecule has 0 saturated heterocycles. The fourth-order valence-electron chi connectivity index (χ4n) is 0.514. The van der Waals surface area contributed by atoms with Gasteiger partial charge in [-0.25, -0.2) is 14.0 Å². The summed E-state index contributed by atoms with van der Waals surface area (Å²) < 4.78 is 20.3. The fraction of sp³-hybridized carbons (Fsp3) is 0.500. The number of hydrogen-bond acceptors (Lipinski definition) is 4. The molecular weight excluding hydrogens is 179 g/mol. The number of halogens is 1. The van der Waals surface area contributed by atoms with E-state index in [0.29, 0.717) is 0 Å². The van der Waals surface area contributed by atoms with Gasteiger partial charge in [0.2, 0.25) is 0 Å². The first-order chi connectivity index (χ1) is 6.20. The third kappa shape index (κ3) is 6.99. The van der Waals surface area contributed by atoms with Crippen LogP contribution >= 0.6 is 0 Å². The molecule has 0 saturated carbocycles. The van der Waals surface area contributed by atoms with Gasteiger partial charge in [0.1, 0.15) is 13.3 Å². The van der Waals surface area contributed by atoms with E-state index in [1.165, 1.54) is 0 Å². The summed E-state index contributed by atoms with van der Waals surface area (Å²) in [7, 11) is 0. The Labute approximate surface area is 75.3 Å². The van der Waals surface area contributed by atoms with E-state index in [1.807, 2.05) is 0 Å². The van der Waals surface area contributed by atoms with Gasteiger partial charge in [-0.05, 0) is 6.92 Å². The van der Waals surface area contributed by atoms with Crippen LogP contribution in [0.25, 0.3) is 0 Å². The molecule has 0 aliphatic heterocycles. The number of rotatable bonds is 5. The van der Waals surface area contributed by atoms with E-state index in [2.05, 4.69) is 9.47 Å². The molecule has 0 N–H and O–H groups in total. The predicted molar refractivity (Wildman–Crippen MR) is 42.7 cm³/mol. The molecule has 0 fully saturated rings. The molecule has 0 rings (SSSR count). The lowest BCUT2D eigenvalue weighted by molar-refractivity contribution is -0.140. The molecule has 5 heteroatoms. The van der Waals surface area contributed by atoms with Crippen LogP contribution in [0.4, 0.5) is 4.39 Å². The first-order valence-electron chi connectivity index (χ1n) is 3.78. The van der Waals surface area contributed by atoms with Crippen molar-refractivity contribution in [1.29, 1.82) is 0 Å². The van der Waals surface area contributed by atoms with E-state index in [-0.39, 0.29) is 13.2 Å². The smallest absolute Gasteiger partial charge is 0.331 e. The first-order valence-corrected chi connectivity index (χ1v) is 3.78. The van der Waals surface area contributed by atoms with Crippen LogP contribution in [0.1, 0.15) is 6.92 Å². The quantitative estimate of drug-likeness (QED) is 0.471. The van der Waals surface area contributed by atoms with Crippen LogP contribution in [0.2, 0.25) is 0 Å². The number of esters is 2. The second-order valence-electron chi connectivity index (χ2n) is 1.94. The molecule has 0 aromatic heterocycles. The van der Waals surface area contributed by atoms with Gasteiger partial charge in [-0.3, -0.25) is 0 Å². The van der Waals surface area contributed by atoms with Crippen molar-refractivity contribution in [3.63, 3.8) is 0 Å². The van der Waals surface area contributed by atoms with Gasteiger partial charge in [0.15, 0.2) is 0 Å². The van der Waals surface area contributed by atoms with Gasteiger partial charge in [0.05, 0.1) is 6.61 Å². The maximum absolute atomic E-state index is 11.5. The van der Waals surface area contributed by atoms with Crippen molar-refractivity contribution in [2.24, 2.45) is 0 Å². The summed E-state index contributed by atoms with van der Waals surface area (Å²) in [5.74, 6) is -1.38. The molecule has 0 bridgehead atoms. The molecule has 0 aromatic rings. The highest BCUT2D eigenvalue weighted by Gasteiger charge is 1.98. The van der Waals surface area contributed by atoms with E-state index in [9.17, 15) is 14.0 Å². The molecule has 74 valence electrons. The van der Waals surface area contributed by atoms with Gasteiger partial charge in [-0.15, -0.1) is 0 Å². The van der Waals surface area contributed by atoms with Crippen LogP contribution in [-0.2, 0) is 19.1 Å². The van der Waals surface area contributed by atoms with E-state index in [4.69, 9.17) is 0 Å². The number of alkyl halides is 1. The lowest BCUT2D eigenvalue weighted by atomic mass is 10.5. The Hall–Kier alpha value is -1.39. The molecule has 0 aromatic carbocycles. The Morgan fingerprint density at radius 1 is 1.23 bits per heavy atom. The van der Waals surface area contributed by atoms with Gasteiger partial charge >= 0.3 is 11.9 Å². The topological polar surface area (TPSA) is 52.6 Å². The summed E-state index contributed by atoms with van der Waals surface area (Å²) in [6, 6.07) is 0. The Morgan fingerprint density at radius 3 is 2.23 bits per heavy atom. The van der Waals surface area contributed by atoms with Gasteiger partial charge in [0.25, 0.3) is 0 Å². The van der Waals surface area contributed by atoms with Crippen molar-refractivity contribution >= 4 is 11.9 Å². The minimum absolute atomic E-state index is 0.239. The van der Waals surface area contributed by atoms with Crippen molar-refractivity contribution in [2.45, 2.75) is 6.92 Å². The Morgan fingerprint density at radius 2 is 1.77 bits per heavy atom. The molecule has 0 heterocycles. The summed E-state index contributed by atoms with van der Waals surface area (Å²) >= 11 is 0. The van der Waals surface area contributed by atoms with Gasteiger partial charge < -0.3 is 9.47 Å². The highest BCUT2D eigenvalue weighted by Crippen LogP contribution is 1.85. The van der Waals surface area contributed by atoms with Crippen molar-refractivity contribution in [3.8, 4) is 0 Å². The zero-order valence-corrected chi connectivity index (χ0v) is 7.29. The summed E-state index contributed by atoms with van der Waals surface area (Å²) in [5.41, 5.74) is 0. The third-order valence-corrected chi connectivity index (χ3v) is 0.964. The van der Waals surface area contributed by atoms with Crippen molar-refractivity contribution in [2.75, 3.05) is 19.9 Å². The first kappa shape index (κ1) is 11.6. The van der Waals surface area contributed by atoms with Crippen molar-refractivity contribution in [3.05, 3.63) is 12.2 Å². The Bertz CT molecular complexity index is 200. The number of ether oxygens (including phenoxy) is 2. The fourth-order valence-corrected chi connectivity index (χ4v) is 0.514. The Balaban J connectivity index is 3.69. The predicted octanol–water partition coefficient (Wildman–Crippen LogP) is 0.618. The second-order valence-corrected chi connectivity index (χ2v) is 1.94. The maximum atomic E-state index is 11.5. The lowest BCUT2D eigenvalue weighted by Gasteiger charge is -1.96. The van der Waals surface area contributed by atoms with E-state index < -0.39 is 18.6 Å². The molecule has 0 aliphatic rings. The summed E-state index contributed by atoms with van der Waals surface area (Å²) in [6.45, 7) is 0.848. The monoisotopic (exact) mass is 190 g/mol. The SMILES string of the molecule is CCOC(=O)/C=C/C(=O)OCCF. The molecule has 0 aliphatic carbocycles. The van der Waals surface area contributed by atoms with Crippen LogP contribution in [0.5, 0.6) is 0 Å². The van der Waals surface area contributed by atoms with Crippen LogP contribution in [0, 0.1) is 0 Å². The van der Waals surface area contributed by atoms with Crippen LogP contribution in [0.15, 0.2) is 12.2 Å². The third-order valence-electron chi connectivity index (χ3n) is 0.964.